The van der Waals surface area contributed by atoms with E-state index in [-0.39, 0.29) is 5.82 Å². The van der Waals surface area contributed by atoms with Gasteiger partial charge >= 0.3 is 0 Å². The second kappa shape index (κ2) is 6.48. The minimum absolute atomic E-state index is 0.368. The van der Waals surface area contributed by atoms with E-state index in [0.29, 0.717) is 14.8 Å². The third kappa shape index (κ3) is 3.33. The van der Waals surface area contributed by atoms with Crippen molar-refractivity contribution in [1.82, 2.24) is 0 Å². The lowest BCUT2D eigenvalue weighted by molar-refractivity contribution is -0.116. The number of rotatable bonds is 3. The first-order valence-corrected chi connectivity index (χ1v) is 6.90. The number of carbonyl (C=O) groups is 1. The van der Waals surface area contributed by atoms with Crippen molar-refractivity contribution in [2.75, 3.05) is 5.32 Å². The Morgan fingerprint density at radius 1 is 1.25 bits per heavy atom. The second-order valence-corrected chi connectivity index (χ2v) is 5.25. The molecular weight excluding hydrogens is 370 g/mol. The molecule has 5 heteroatoms. The number of carbonyl (C=O) groups excluding carboxylic acids is 1. The number of halogens is 2. The largest absolute Gasteiger partial charge is 0.324 e. The fourth-order valence-electron chi connectivity index (χ4n) is 1.73. The molecule has 0 radical (unpaired) electrons. The van der Waals surface area contributed by atoms with Crippen LogP contribution in [0.2, 0.25) is 0 Å². The molecule has 0 heterocycles. The summed E-state index contributed by atoms with van der Waals surface area (Å²) in [7, 11) is 0. The Bertz CT molecular complexity index is 667. The first kappa shape index (κ1) is 14.5. The first-order chi connectivity index (χ1) is 9.61. The van der Waals surface area contributed by atoms with Crippen LogP contribution >= 0.6 is 22.6 Å². The van der Waals surface area contributed by atoms with Crippen LogP contribution in [0.25, 0.3) is 0 Å². The number of nitrogens with one attached hydrogen (secondary N) is 1. The Morgan fingerprint density at radius 2 is 1.95 bits per heavy atom. The summed E-state index contributed by atoms with van der Waals surface area (Å²) in [5.41, 5.74) is 1.12. The molecule has 0 aromatic heterocycles. The van der Waals surface area contributed by atoms with Gasteiger partial charge in [0, 0.05) is 3.57 Å². The smallest absolute Gasteiger partial charge is 0.246 e. The molecule has 1 amide bonds. The summed E-state index contributed by atoms with van der Waals surface area (Å²) in [4.78, 5) is 12.2. The average Bonchev–Trinajstić information content (AvgIpc) is 2.44. The molecule has 0 aliphatic carbocycles. The van der Waals surface area contributed by atoms with E-state index in [1.54, 1.807) is 24.3 Å². The normalized spacial score (nSPS) is 11.4. The minimum Gasteiger partial charge on any atom is -0.324 e. The molecule has 0 bridgehead atoms. The maximum atomic E-state index is 13.0. The Hall–Kier alpha value is -1.94. The van der Waals surface area contributed by atoms with Crippen molar-refractivity contribution in [3.8, 4) is 6.07 Å². The van der Waals surface area contributed by atoms with E-state index in [1.165, 1.54) is 18.2 Å². The van der Waals surface area contributed by atoms with Crippen molar-refractivity contribution < 1.29 is 9.18 Å². The molecule has 0 fully saturated rings. The van der Waals surface area contributed by atoms with E-state index in [2.05, 4.69) is 5.32 Å². The van der Waals surface area contributed by atoms with Crippen LogP contribution in [0.4, 0.5) is 10.1 Å². The fraction of sp³-hybridized carbons (Fsp3) is 0.0667. The van der Waals surface area contributed by atoms with Gasteiger partial charge < -0.3 is 5.32 Å². The maximum Gasteiger partial charge on any atom is 0.246 e. The molecule has 3 nitrogen and oxygen atoms in total. The average molecular weight is 380 g/mol. The van der Waals surface area contributed by atoms with Gasteiger partial charge in [0.1, 0.15) is 5.82 Å². The zero-order valence-corrected chi connectivity index (χ0v) is 12.5. The lowest BCUT2D eigenvalue weighted by Gasteiger charge is -2.11. The summed E-state index contributed by atoms with van der Waals surface area (Å²) in [6.45, 7) is 0. The SMILES string of the molecule is N#CC(C(=O)Nc1ccc(F)cc1I)c1ccccc1. The maximum absolute atomic E-state index is 13.0. The molecule has 2 aromatic carbocycles. The van der Waals surface area contributed by atoms with E-state index in [4.69, 9.17) is 5.26 Å². The van der Waals surface area contributed by atoms with Gasteiger partial charge in [-0.15, -0.1) is 0 Å². The van der Waals surface area contributed by atoms with Crippen molar-refractivity contribution in [2.45, 2.75) is 5.92 Å². The molecule has 0 saturated heterocycles. The molecule has 1 atom stereocenters. The summed E-state index contributed by atoms with van der Waals surface area (Å²) in [5, 5.41) is 11.8. The highest BCUT2D eigenvalue weighted by Gasteiger charge is 2.20. The summed E-state index contributed by atoms with van der Waals surface area (Å²) in [6, 6.07) is 14.9. The summed E-state index contributed by atoms with van der Waals surface area (Å²) >= 11 is 1.93. The Labute approximate surface area is 129 Å². The zero-order valence-electron chi connectivity index (χ0n) is 10.3. The van der Waals surface area contributed by atoms with Gasteiger partial charge in [-0.25, -0.2) is 4.39 Å². The number of hydrogen-bond acceptors (Lipinski definition) is 2. The Balaban J connectivity index is 2.21. The highest BCUT2D eigenvalue weighted by molar-refractivity contribution is 14.1. The summed E-state index contributed by atoms with van der Waals surface area (Å²) < 4.78 is 13.6. The van der Waals surface area contributed by atoms with Crippen LogP contribution in [-0.4, -0.2) is 5.91 Å². The van der Waals surface area contributed by atoms with E-state index in [1.807, 2.05) is 34.7 Å². The number of nitrogens with zero attached hydrogens (tertiary/aromatic N) is 1. The molecule has 100 valence electrons. The van der Waals surface area contributed by atoms with Crippen LogP contribution in [-0.2, 0) is 4.79 Å². The molecule has 2 aromatic rings. The lowest BCUT2D eigenvalue weighted by Crippen LogP contribution is -2.20. The van der Waals surface area contributed by atoms with Gasteiger partial charge in [-0.05, 0) is 46.4 Å². The summed E-state index contributed by atoms with van der Waals surface area (Å²) in [6.07, 6.45) is 0. The van der Waals surface area contributed by atoms with Crippen molar-refractivity contribution in [3.63, 3.8) is 0 Å². The molecule has 0 spiro atoms. The van der Waals surface area contributed by atoms with Crippen molar-refractivity contribution in [1.29, 1.82) is 5.26 Å². The molecule has 1 N–H and O–H groups in total. The van der Waals surface area contributed by atoms with Crippen molar-refractivity contribution >= 4 is 34.2 Å². The van der Waals surface area contributed by atoms with Crippen LogP contribution in [0.15, 0.2) is 48.5 Å². The van der Waals surface area contributed by atoms with Crippen LogP contribution in [0, 0.1) is 20.7 Å². The summed E-state index contributed by atoms with van der Waals surface area (Å²) in [5.74, 6) is -1.69. The Kier molecular flexibility index (Phi) is 4.69. The first-order valence-electron chi connectivity index (χ1n) is 5.82. The predicted octanol–water partition coefficient (Wildman–Crippen LogP) is 3.68. The highest BCUT2D eigenvalue weighted by Crippen LogP contribution is 2.22. The number of benzene rings is 2. The molecule has 0 aliphatic rings. The molecule has 0 saturated carbocycles. The number of anilines is 1. The topological polar surface area (TPSA) is 52.9 Å². The standard InChI is InChI=1S/C15H10FIN2O/c16-11-6-7-14(13(17)8-11)19-15(20)12(9-18)10-4-2-1-3-5-10/h1-8,12H,(H,19,20). The third-order valence-corrected chi connectivity index (χ3v) is 3.61. The van der Waals surface area contributed by atoms with Gasteiger partial charge in [0.05, 0.1) is 11.8 Å². The minimum atomic E-state index is -0.892. The van der Waals surface area contributed by atoms with Gasteiger partial charge in [-0.2, -0.15) is 5.26 Å². The van der Waals surface area contributed by atoms with E-state index in [0.717, 1.165) is 0 Å². The molecule has 2 rings (SSSR count). The van der Waals surface area contributed by atoms with Crippen LogP contribution < -0.4 is 5.32 Å². The van der Waals surface area contributed by atoms with E-state index < -0.39 is 11.8 Å². The van der Waals surface area contributed by atoms with Gasteiger partial charge in [0.25, 0.3) is 0 Å². The Morgan fingerprint density at radius 3 is 2.55 bits per heavy atom. The highest BCUT2D eigenvalue weighted by atomic mass is 127. The zero-order chi connectivity index (χ0) is 14.5. The number of amides is 1. The van der Waals surface area contributed by atoms with Crippen molar-refractivity contribution in [3.05, 3.63) is 63.5 Å². The van der Waals surface area contributed by atoms with Gasteiger partial charge in [-0.3, -0.25) is 4.79 Å². The van der Waals surface area contributed by atoms with Crippen molar-refractivity contribution in [2.24, 2.45) is 0 Å². The van der Waals surface area contributed by atoms with Crippen LogP contribution in [0.3, 0.4) is 0 Å². The van der Waals surface area contributed by atoms with E-state index >= 15 is 0 Å². The molecule has 0 aliphatic heterocycles. The van der Waals surface area contributed by atoms with E-state index in [9.17, 15) is 9.18 Å². The van der Waals surface area contributed by atoms with Gasteiger partial charge in [0.15, 0.2) is 5.92 Å². The molecule has 20 heavy (non-hydrogen) atoms. The number of hydrogen-bond donors (Lipinski definition) is 1. The number of nitriles is 1. The molecule has 1 unspecified atom stereocenters. The van der Waals surface area contributed by atoms with Crippen LogP contribution in [0.1, 0.15) is 11.5 Å². The second-order valence-electron chi connectivity index (χ2n) is 4.09. The third-order valence-electron chi connectivity index (χ3n) is 2.71. The quantitative estimate of drug-likeness (QED) is 0.827. The van der Waals surface area contributed by atoms with Gasteiger partial charge in [-0.1, -0.05) is 30.3 Å². The van der Waals surface area contributed by atoms with Gasteiger partial charge in [0.2, 0.25) is 5.91 Å². The fourth-order valence-corrected chi connectivity index (χ4v) is 2.34. The lowest BCUT2D eigenvalue weighted by atomic mass is 10.00. The van der Waals surface area contributed by atoms with Crippen LogP contribution in [0.5, 0.6) is 0 Å². The monoisotopic (exact) mass is 380 g/mol. The predicted molar refractivity (Wildman–Crippen MR) is 82.5 cm³/mol. The molecular formula is C15H10FIN2O.